The van der Waals surface area contributed by atoms with E-state index < -0.39 is 41.0 Å². The van der Waals surface area contributed by atoms with E-state index in [2.05, 4.69) is 16.0 Å². The Labute approximate surface area is 220 Å². The molecule has 3 rings (SSSR count). The van der Waals surface area contributed by atoms with Gasteiger partial charge in [0.05, 0.1) is 11.1 Å². The van der Waals surface area contributed by atoms with Crippen LogP contribution in [-0.2, 0) is 0 Å². The molecule has 10 nitrogen and oxygen atoms in total. The Balaban J connectivity index is 1.59. The maximum absolute atomic E-state index is 12.8. The topological polar surface area (TPSA) is 168 Å². The molecule has 0 aromatic heterocycles. The largest absolute Gasteiger partial charge is 0.504 e. The molecule has 0 fully saturated rings. The maximum Gasteiger partial charge on any atom is 0.256 e. The molecule has 0 bridgehead atoms. The number of para-hydroxylation sites is 2. The van der Waals surface area contributed by atoms with Crippen LogP contribution >= 0.6 is 0 Å². The van der Waals surface area contributed by atoms with Crippen molar-refractivity contribution in [3.05, 3.63) is 82.9 Å². The van der Waals surface area contributed by atoms with Crippen LogP contribution in [0.5, 0.6) is 23.0 Å². The van der Waals surface area contributed by atoms with E-state index in [1.54, 1.807) is 12.1 Å². The fraction of sp³-hybridized carbons (Fsp3) is 0.250. The zero-order chi connectivity index (χ0) is 27.7. The lowest BCUT2D eigenvalue weighted by atomic mass is 10.1. The molecular weight excluding hydrogens is 490 g/mol. The minimum absolute atomic E-state index is 0.155. The molecule has 0 saturated carbocycles. The van der Waals surface area contributed by atoms with E-state index in [0.717, 1.165) is 5.56 Å². The van der Waals surface area contributed by atoms with E-state index >= 15 is 0 Å². The molecule has 200 valence electrons. The Kier molecular flexibility index (Phi) is 9.53. The van der Waals surface area contributed by atoms with Crippen molar-refractivity contribution in [3.8, 4) is 23.0 Å². The lowest BCUT2D eigenvalue weighted by Crippen LogP contribution is -2.48. The molecule has 0 spiro atoms. The molecule has 7 N–H and O–H groups in total. The van der Waals surface area contributed by atoms with Gasteiger partial charge in [-0.05, 0) is 62.1 Å². The normalized spacial score (nSPS) is 10.7. The molecular formula is C28H31N3O7. The third kappa shape index (κ3) is 7.16. The molecule has 0 radical (unpaired) electrons. The fourth-order valence-electron chi connectivity index (χ4n) is 3.86. The summed E-state index contributed by atoms with van der Waals surface area (Å²) < 4.78 is 0. The highest BCUT2D eigenvalue weighted by Gasteiger charge is 2.22. The highest BCUT2D eigenvalue weighted by Crippen LogP contribution is 2.29. The Morgan fingerprint density at radius 3 is 1.74 bits per heavy atom. The fourth-order valence-corrected chi connectivity index (χ4v) is 3.86. The zero-order valence-electron chi connectivity index (χ0n) is 20.9. The number of rotatable bonds is 11. The molecule has 38 heavy (non-hydrogen) atoms. The molecule has 0 aliphatic rings. The van der Waals surface area contributed by atoms with Crippen molar-refractivity contribution >= 4 is 17.7 Å². The van der Waals surface area contributed by atoms with Crippen molar-refractivity contribution in [2.45, 2.75) is 38.8 Å². The number of phenolic OH excluding ortho intramolecular Hbond substituents is 4. The number of hydrogen-bond donors (Lipinski definition) is 7. The van der Waals surface area contributed by atoms with Crippen LogP contribution in [0.15, 0.2) is 60.7 Å². The van der Waals surface area contributed by atoms with Crippen LogP contribution in [0.1, 0.15) is 62.3 Å². The van der Waals surface area contributed by atoms with Crippen molar-refractivity contribution in [1.29, 1.82) is 0 Å². The van der Waals surface area contributed by atoms with Crippen LogP contribution in [0.2, 0.25) is 0 Å². The molecule has 3 aromatic carbocycles. The number of unbranched alkanes of at least 4 members (excludes halogenated alkanes) is 2. The van der Waals surface area contributed by atoms with Gasteiger partial charge in [-0.2, -0.15) is 0 Å². The molecule has 3 amide bonds. The van der Waals surface area contributed by atoms with Gasteiger partial charge in [0, 0.05) is 12.1 Å². The number of nitrogens with one attached hydrogen (secondary N) is 3. The van der Waals surface area contributed by atoms with Crippen LogP contribution in [0.4, 0.5) is 0 Å². The first-order valence-electron chi connectivity index (χ1n) is 12.2. The smallest absolute Gasteiger partial charge is 0.256 e. The maximum atomic E-state index is 12.8. The number of hydrogen-bond acceptors (Lipinski definition) is 7. The Hall–Kier alpha value is -4.73. The van der Waals surface area contributed by atoms with Gasteiger partial charge in [0.2, 0.25) is 0 Å². The van der Waals surface area contributed by atoms with Gasteiger partial charge in [0.15, 0.2) is 23.0 Å². The van der Waals surface area contributed by atoms with E-state index in [1.807, 2.05) is 19.1 Å². The predicted octanol–water partition coefficient (Wildman–Crippen LogP) is 3.29. The number of benzene rings is 3. The van der Waals surface area contributed by atoms with Crippen LogP contribution in [0.25, 0.3) is 0 Å². The molecule has 10 heteroatoms. The number of aromatic hydroxyl groups is 4. The quantitative estimate of drug-likeness (QED) is 0.115. The standard InChI is InChI=1S/C28H31N3O7/c1-17-9-4-5-10-18(17)26(36)29-16-6-2-3-15-23(30-27(37)19-11-7-13-21(32)24(19)34)31-28(38)20-12-8-14-22(33)25(20)35/h4-5,7-14,23,32-35H,2-3,6,15-16H2,1H3,(H,29,36)(H,30,37)(H,31,38). The Morgan fingerprint density at radius 1 is 0.658 bits per heavy atom. The van der Waals surface area contributed by atoms with Crippen molar-refractivity contribution in [3.63, 3.8) is 0 Å². The van der Waals surface area contributed by atoms with E-state index in [1.165, 1.54) is 36.4 Å². The van der Waals surface area contributed by atoms with Gasteiger partial charge in [-0.1, -0.05) is 36.8 Å². The minimum Gasteiger partial charge on any atom is -0.504 e. The predicted molar refractivity (Wildman–Crippen MR) is 140 cm³/mol. The zero-order valence-corrected chi connectivity index (χ0v) is 20.9. The summed E-state index contributed by atoms with van der Waals surface area (Å²) in [4.78, 5) is 37.9. The van der Waals surface area contributed by atoms with Gasteiger partial charge in [0.25, 0.3) is 17.7 Å². The van der Waals surface area contributed by atoms with Crippen LogP contribution in [0.3, 0.4) is 0 Å². The first-order valence-corrected chi connectivity index (χ1v) is 12.2. The molecule has 0 saturated heterocycles. The van der Waals surface area contributed by atoms with Crippen molar-refractivity contribution in [1.82, 2.24) is 16.0 Å². The van der Waals surface area contributed by atoms with Gasteiger partial charge in [-0.25, -0.2) is 0 Å². The summed E-state index contributed by atoms with van der Waals surface area (Å²) >= 11 is 0. The van der Waals surface area contributed by atoms with Gasteiger partial charge in [0.1, 0.15) is 6.17 Å². The third-order valence-corrected chi connectivity index (χ3v) is 5.97. The van der Waals surface area contributed by atoms with Crippen molar-refractivity contribution in [2.75, 3.05) is 6.54 Å². The molecule has 0 atom stereocenters. The van der Waals surface area contributed by atoms with E-state index in [4.69, 9.17) is 0 Å². The number of phenols is 4. The number of carbonyl (C=O) groups is 3. The molecule has 0 aliphatic carbocycles. The Morgan fingerprint density at radius 2 is 1.18 bits per heavy atom. The average Bonchev–Trinajstić information content (AvgIpc) is 2.89. The second-order valence-electron chi connectivity index (χ2n) is 8.77. The van der Waals surface area contributed by atoms with E-state index in [-0.39, 0.29) is 17.0 Å². The summed E-state index contributed by atoms with van der Waals surface area (Å²) in [5.41, 5.74) is 1.14. The SMILES string of the molecule is Cc1ccccc1C(=O)NCCCCCC(NC(=O)c1cccc(O)c1O)NC(=O)c1cccc(O)c1O. The van der Waals surface area contributed by atoms with Gasteiger partial charge < -0.3 is 36.4 Å². The second-order valence-corrected chi connectivity index (χ2v) is 8.77. The van der Waals surface area contributed by atoms with Crippen molar-refractivity contribution in [2.24, 2.45) is 0 Å². The van der Waals surface area contributed by atoms with Crippen LogP contribution in [-0.4, -0.2) is 50.9 Å². The first kappa shape index (κ1) is 27.9. The highest BCUT2D eigenvalue weighted by molar-refractivity contribution is 6.00. The molecule has 0 unspecified atom stereocenters. The summed E-state index contributed by atoms with van der Waals surface area (Å²) in [6, 6.07) is 15.2. The number of amides is 3. The summed E-state index contributed by atoms with van der Waals surface area (Å²) in [6.45, 7) is 2.32. The van der Waals surface area contributed by atoms with E-state index in [0.29, 0.717) is 37.8 Å². The summed E-state index contributed by atoms with van der Waals surface area (Å²) in [7, 11) is 0. The lowest BCUT2D eigenvalue weighted by molar-refractivity contribution is 0.0872. The number of aryl methyl sites for hydroxylation is 1. The lowest BCUT2D eigenvalue weighted by Gasteiger charge is -2.21. The second kappa shape index (κ2) is 13.0. The highest BCUT2D eigenvalue weighted by atomic mass is 16.3. The van der Waals surface area contributed by atoms with Gasteiger partial charge in [-0.15, -0.1) is 0 Å². The third-order valence-electron chi connectivity index (χ3n) is 5.97. The van der Waals surface area contributed by atoms with Crippen molar-refractivity contribution < 1.29 is 34.8 Å². The Bertz CT molecular complexity index is 1240. The minimum atomic E-state index is -0.903. The monoisotopic (exact) mass is 521 g/mol. The number of carbonyl (C=O) groups excluding carboxylic acids is 3. The van der Waals surface area contributed by atoms with E-state index in [9.17, 15) is 34.8 Å². The summed E-state index contributed by atoms with van der Waals surface area (Å²) in [6.07, 6.45) is 1.28. The van der Waals surface area contributed by atoms with Crippen LogP contribution < -0.4 is 16.0 Å². The van der Waals surface area contributed by atoms with Gasteiger partial charge >= 0.3 is 0 Å². The van der Waals surface area contributed by atoms with Gasteiger partial charge in [-0.3, -0.25) is 14.4 Å². The average molecular weight is 522 g/mol. The summed E-state index contributed by atoms with van der Waals surface area (Å²) in [5, 5.41) is 47.6. The molecule has 3 aromatic rings. The summed E-state index contributed by atoms with van der Waals surface area (Å²) in [5.74, 6) is -3.72. The molecule has 0 heterocycles. The molecule has 0 aliphatic heterocycles. The first-order chi connectivity index (χ1) is 18.2. The van der Waals surface area contributed by atoms with Crippen LogP contribution in [0, 0.1) is 6.92 Å².